The highest BCUT2D eigenvalue weighted by atomic mass is 35.5. The van der Waals surface area contributed by atoms with Crippen LogP contribution in [0.4, 0.5) is 5.69 Å². The van der Waals surface area contributed by atoms with Crippen LogP contribution in [-0.4, -0.2) is 36.6 Å². The van der Waals surface area contributed by atoms with Crippen molar-refractivity contribution in [3.63, 3.8) is 0 Å². The molecule has 0 saturated heterocycles. The molecule has 1 aliphatic carbocycles. The fourth-order valence-electron chi connectivity index (χ4n) is 2.42. The normalized spacial score (nSPS) is 13.0. The highest BCUT2D eigenvalue weighted by molar-refractivity contribution is 6.35. The Bertz CT molecular complexity index is 971. The van der Waals surface area contributed by atoms with Crippen molar-refractivity contribution in [3.05, 3.63) is 58.6 Å². The van der Waals surface area contributed by atoms with Crippen molar-refractivity contribution in [2.75, 3.05) is 11.9 Å². The Hall–Kier alpha value is -3.39. The first-order valence-corrected chi connectivity index (χ1v) is 9.72. The molecule has 0 bridgehead atoms. The zero-order valence-electron chi connectivity index (χ0n) is 16.3. The number of benzene rings is 2. The van der Waals surface area contributed by atoms with Crippen LogP contribution in [0.15, 0.2) is 47.6 Å². The standard InChI is InChI=1S/C21H21ClN4O4/c1-13-17(22)3-2-4-18(13)25-19(27)12-30-16-9-5-14(6-10-16)11-23-26-21(29)20(28)24-15-7-8-15/h2-6,9-11,15H,7-8,12H2,1H3,(H,24,28)(H,25,27)(H,26,29)/b23-11-. The predicted molar refractivity (Wildman–Crippen MR) is 114 cm³/mol. The lowest BCUT2D eigenvalue weighted by molar-refractivity contribution is -0.139. The second-order valence-electron chi connectivity index (χ2n) is 6.77. The molecule has 0 unspecified atom stereocenters. The van der Waals surface area contributed by atoms with Gasteiger partial charge in [0.05, 0.1) is 6.21 Å². The lowest BCUT2D eigenvalue weighted by Gasteiger charge is -2.10. The van der Waals surface area contributed by atoms with Crippen LogP contribution in [0.5, 0.6) is 5.75 Å². The van der Waals surface area contributed by atoms with Gasteiger partial charge < -0.3 is 15.4 Å². The van der Waals surface area contributed by atoms with Gasteiger partial charge in [0.15, 0.2) is 6.61 Å². The third-order valence-electron chi connectivity index (χ3n) is 4.29. The number of ether oxygens (including phenoxy) is 1. The van der Waals surface area contributed by atoms with Gasteiger partial charge in [0, 0.05) is 16.8 Å². The number of hydrogen-bond acceptors (Lipinski definition) is 5. The summed E-state index contributed by atoms with van der Waals surface area (Å²) in [6.07, 6.45) is 3.21. The molecule has 0 heterocycles. The summed E-state index contributed by atoms with van der Waals surface area (Å²) in [6.45, 7) is 1.66. The summed E-state index contributed by atoms with van der Waals surface area (Å²) in [6, 6.07) is 12.1. The third kappa shape index (κ3) is 6.31. The van der Waals surface area contributed by atoms with E-state index in [9.17, 15) is 14.4 Å². The zero-order chi connectivity index (χ0) is 21.5. The second-order valence-corrected chi connectivity index (χ2v) is 7.17. The van der Waals surface area contributed by atoms with Gasteiger partial charge in [0.2, 0.25) is 0 Å². The van der Waals surface area contributed by atoms with E-state index in [0.717, 1.165) is 18.4 Å². The number of rotatable bonds is 7. The summed E-state index contributed by atoms with van der Waals surface area (Å²) in [4.78, 5) is 35.1. The van der Waals surface area contributed by atoms with Crippen LogP contribution in [0.3, 0.4) is 0 Å². The van der Waals surface area contributed by atoms with Crippen molar-refractivity contribution in [1.82, 2.24) is 10.7 Å². The van der Waals surface area contributed by atoms with Crippen LogP contribution in [0, 0.1) is 6.92 Å². The first-order chi connectivity index (χ1) is 14.4. The number of anilines is 1. The SMILES string of the molecule is Cc1c(Cl)cccc1NC(=O)COc1ccc(/C=N\NC(=O)C(=O)NC2CC2)cc1. The van der Waals surface area contributed by atoms with Crippen molar-refractivity contribution in [1.29, 1.82) is 0 Å². The molecule has 1 saturated carbocycles. The van der Waals surface area contributed by atoms with Crippen LogP contribution < -0.4 is 20.8 Å². The molecule has 0 atom stereocenters. The van der Waals surface area contributed by atoms with E-state index in [2.05, 4.69) is 21.2 Å². The molecule has 3 rings (SSSR count). The Balaban J connectivity index is 1.43. The molecule has 30 heavy (non-hydrogen) atoms. The molecule has 156 valence electrons. The molecule has 0 spiro atoms. The number of hydrazone groups is 1. The van der Waals surface area contributed by atoms with Crippen molar-refractivity contribution in [2.24, 2.45) is 5.10 Å². The molecule has 0 aromatic heterocycles. The smallest absolute Gasteiger partial charge is 0.329 e. The minimum atomic E-state index is -0.806. The van der Waals surface area contributed by atoms with Gasteiger partial charge in [-0.2, -0.15) is 5.10 Å². The van der Waals surface area contributed by atoms with E-state index in [1.165, 1.54) is 6.21 Å². The highest BCUT2D eigenvalue weighted by Gasteiger charge is 2.26. The Kier molecular flexibility index (Phi) is 7.03. The number of halogens is 1. The third-order valence-corrected chi connectivity index (χ3v) is 4.70. The van der Waals surface area contributed by atoms with Crippen LogP contribution >= 0.6 is 11.6 Å². The monoisotopic (exact) mass is 428 g/mol. The average molecular weight is 429 g/mol. The zero-order valence-corrected chi connectivity index (χ0v) is 17.0. The molecule has 9 heteroatoms. The van der Waals surface area contributed by atoms with Crippen LogP contribution in [0.2, 0.25) is 5.02 Å². The fraction of sp³-hybridized carbons (Fsp3) is 0.238. The molecular formula is C21H21ClN4O4. The van der Waals surface area contributed by atoms with Gasteiger partial charge >= 0.3 is 11.8 Å². The molecule has 0 radical (unpaired) electrons. The number of carbonyl (C=O) groups is 3. The van der Waals surface area contributed by atoms with E-state index in [-0.39, 0.29) is 18.6 Å². The molecule has 0 aliphatic heterocycles. The predicted octanol–water partition coefficient (Wildman–Crippen LogP) is 2.39. The number of nitrogens with zero attached hydrogens (tertiary/aromatic N) is 1. The first kappa shape index (κ1) is 21.3. The Morgan fingerprint density at radius 2 is 1.87 bits per heavy atom. The summed E-state index contributed by atoms with van der Waals surface area (Å²) in [7, 11) is 0. The maximum absolute atomic E-state index is 12.1. The average Bonchev–Trinajstić information content (AvgIpc) is 3.54. The van der Waals surface area contributed by atoms with E-state index in [1.807, 2.05) is 6.92 Å². The molecule has 3 amide bonds. The van der Waals surface area contributed by atoms with Crippen LogP contribution in [0.25, 0.3) is 0 Å². The van der Waals surface area contributed by atoms with Crippen molar-refractivity contribution in [2.45, 2.75) is 25.8 Å². The minimum Gasteiger partial charge on any atom is -0.484 e. The maximum atomic E-state index is 12.1. The maximum Gasteiger partial charge on any atom is 0.329 e. The van der Waals surface area contributed by atoms with E-state index >= 15 is 0 Å². The quantitative estimate of drug-likeness (QED) is 0.357. The highest BCUT2D eigenvalue weighted by Crippen LogP contribution is 2.23. The van der Waals surface area contributed by atoms with Gasteiger partial charge in [-0.25, -0.2) is 5.43 Å². The number of carbonyl (C=O) groups excluding carboxylic acids is 3. The molecule has 3 N–H and O–H groups in total. The largest absolute Gasteiger partial charge is 0.484 e. The van der Waals surface area contributed by atoms with Crippen molar-refractivity contribution >= 4 is 41.2 Å². The summed E-state index contributed by atoms with van der Waals surface area (Å²) >= 11 is 6.04. The molecule has 1 fully saturated rings. The Labute approximate surface area is 178 Å². The van der Waals surface area contributed by atoms with Crippen molar-refractivity contribution in [3.8, 4) is 5.75 Å². The van der Waals surface area contributed by atoms with E-state index < -0.39 is 11.8 Å². The number of hydrogen-bond donors (Lipinski definition) is 3. The molecule has 1 aliphatic rings. The van der Waals surface area contributed by atoms with Gasteiger partial charge in [-0.1, -0.05) is 17.7 Å². The molecule has 2 aromatic rings. The lowest BCUT2D eigenvalue weighted by atomic mass is 10.2. The van der Waals surface area contributed by atoms with E-state index in [1.54, 1.807) is 42.5 Å². The minimum absolute atomic E-state index is 0.108. The number of amides is 3. The van der Waals surface area contributed by atoms with E-state index in [0.29, 0.717) is 22.0 Å². The Morgan fingerprint density at radius 1 is 1.13 bits per heavy atom. The van der Waals surface area contributed by atoms with Gasteiger partial charge in [0.1, 0.15) is 5.75 Å². The van der Waals surface area contributed by atoms with Gasteiger partial charge in [-0.05, 0) is 67.3 Å². The van der Waals surface area contributed by atoms with Crippen molar-refractivity contribution < 1.29 is 19.1 Å². The molecular weight excluding hydrogens is 408 g/mol. The summed E-state index contributed by atoms with van der Waals surface area (Å²) in [5.41, 5.74) is 4.28. The molecule has 8 nitrogen and oxygen atoms in total. The topological polar surface area (TPSA) is 109 Å². The number of nitrogens with one attached hydrogen (secondary N) is 3. The lowest BCUT2D eigenvalue weighted by Crippen LogP contribution is -2.38. The summed E-state index contributed by atoms with van der Waals surface area (Å²) in [5.74, 6) is -1.31. The van der Waals surface area contributed by atoms with Gasteiger partial charge in [-0.3, -0.25) is 14.4 Å². The van der Waals surface area contributed by atoms with Gasteiger partial charge in [0.25, 0.3) is 5.91 Å². The van der Waals surface area contributed by atoms with Gasteiger partial charge in [-0.15, -0.1) is 0 Å². The Morgan fingerprint density at radius 3 is 2.57 bits per heavy atom. The van der Waals surface area contributed by atoms with E-state index in [4.69, 9.17) is 16.3 Å². The molecule has 2 aromatic carbocycles. The van der Waals surface area contributed by atoms with Crippen LogP contribution in [-0.2, 0) is 14.4 Å². The van der Waals surface area contributed by atoms with Crippen LogP contribution in [0.1, 0.15) is 24.0 Å². The summed E-state index contributed by atoms with van der Waals surface area (Å²) < 4.78 is 5.47. The second kappa shape index (κ2) is 9.89. The summed E-state index contributed by atoms with van der Waals surface area (Å²) in [5, 5.41) is 9.66. The first-order valence-electron chi connectivity index (χ1n) is 9.34. The fourth-order valence-corrected chi connectivity index (χ4v) is 2.60.